The van der Waals surface area contributed by atoms with Gasteiger partial charge in [-0.05, 0) is 19.8 Å². The highest BCUT2D eigenvalue weighted by molar-refractivity contribution is 5.84. The number of carboxylic acids is 1. The number of carbonyl (C=O) groups excluding carboxylic acids is 2. The van der Waals surface area contributed by atoms with Gasteiger partial charge in [0.1, 0.15) is 6.54 Å². The van der Waals surface area contributed by atoms with Crippen LogP contribution in [0, 0.1) is 11.8 Å². The summed E-state index contributed by atoms with van der Waals surface area (Å²) in [6, 6.07) is -0.980. The van der Waals surface area contributed by atoms with E-state index in [2.05, 4.69) is 10.6 Å². The van der Waals surface area contributed by atoms with Crippen molar-refractivity contribution in [1.29, 1.82) is 0 Å². The first-order chi connectivity index (χ1) is 9.15. The fraction of sp³-hybridized carbons (Fsp3) is 0.769. The molecule has 7 heteroatoms. The van der Waals surface area contributed by atoms with Gasteiger partial charge in [0.15, 0.2) is 0 Å². The molecular weight excluding hydrogens is 262 g/mol. The number of carbonyl (C=O) groups is 3. The van der Waals surface area contributed by atoms with E-state index in [-0.39, 0.29) is 12.5 Å². The molecule has 0 fully saturated rings. The number of urea groups is 1. The van der Waals surface area contributed by atoms with Gasteiger partial charge in [0.05, 0.1) is 5.92 Å². The van der Waals surface area contributed by atoms with Crippen molar-refractivity contribution in [3.05, 3.63) is 0 Å². The van der Waals surface area contributed by atoms with Crippen molar-refractivity contribution in [1.82, 2.24) is 15.5 Å². The Hall–Kier alpha value is -1.79. The number of likely N-dealkylation sites (N-methyl/N-ethyl adjacent to an activating group) is 1. The standard InChI is InChI=1S/C13H25N3O4/c1-8(2)6-14-11(17)7-16(5)13(20)15-10(4)9(3)12(18)19/h8-10H,6-7H2,1-5H3,(H,14,17)(H,15,20)(H,18,19). The zero-order valence-electron chi connectivity index (χ0n) is 12.8. The number of nitrogens with one attached hydrogen (secondary N) is 2. The van der Waals surface area contributed by atoms with Gasteiger partial charge in [0, 0.05) is 19.6 Å². The summed E-state index contributed by atoms with van der Waals surface area (Å²) in [4.78, 5) is 35.4. The van der Waals surface area contributed by atoms with E-state index >= 15 is 0 Å². The third-order valence-corrected chi connectivity index (χ3v) is 2.93. The van der Waals surface area contributed by atoms with Crippen molar-refractivity contribution in [2.24, 2.45) is 11.8 Å². The van der Waals surface area contributed by atoms with Crippen LogP contribution in [-0.4, -0.2) is 54.1 Å². The summed E-state index contributed by atoms with van der Waals surface area (Å²) in [6.45, 7) is 7.58. The van der Waals surface area contributed by atoms with E-state index in [1.165, 1.54) is 18.9 Å². The monoisotopic (exact) mass is 287 g/mol. The van der Waals surface area contributed by atoms with E-state index in [1.54, 1.807) is 6.92 Å². The molecule has 3 amide bonds. The van der Waals surface area contributed by atoms with Gasteiger partial charge in [-0.1, -0.05) is 13.8 Å². The number of hydrogen-bond donors (Lipinski definition) is 3. The second-order valence-electron chi connectivity index (χ2n) is 5.42. The minimum atomic E-state index is -0.977. The molecule has 0 bridgehead atoms. The van der Waals surface area contributed by atoms with Crippen LogP contribution in [0.3, 0.4) is 0 Å². The molecule has 0 spiro atoms. The zero-order valence-corrected chi connectivity index (χ0v) is 12.8. The van der Waals surface area contributed by atoms with Crippen LogP contribution >= 0.6 is 0 Å². The quantitative estimate of drug-likeness (QED) is 0.635. The van der Waals surface area contributed by atoms with Crippen LogP contribution < -0.4 is 10.6 Å². The van der Waals surface area contributed by atoms with Crippen LogP contribution in [0.2, 0.25) is 0 Å². The molecule has 0 radical (unpaired) electrons. The SMILES string of the molecule is CC(C)CNC(=O)CN(C)C(=O)NC(C)C(C)C(=O)O. The Balaban J connectivity index is 4.21. The van der Waals surface area contributed by atoms with Crippen molar-refractivity contribution in [2.45, 2.75) is 33.7 Å². The van der Waals surface area contributed by atoms with Crippen molar-refractivity contribution in [2.75, 3.05) is 20.1 Å². The second-order valence-corrected chi connectivity index (χ2v) is 5.42. The van der Waals surface area contributed by atoms with Gasteiger partial charge in [-0.25, -0.2) is 4.79 Å². The Morgan fingerprint density at radius 3 is 2.15 bits per heavy atom. The maximum Gasteiger partial charge on any atom is 0.317 e. The van der Waals surface area contributed by atoms with Gasteiger partial charge < -0.3 is 20.6 Å². The van der Waals surface area contributed by atoms with E-state index in [0.717, 1.165) is 0 Å². The largest absolute Gasteiger partial charge is 0.481 e. The molecule has 0 aromatic carbocycles. The van der Waals surface area contributed by atoms with Gasteiger partial charge in [-0.15, -0.1) is 0 Å². The first-order valence-electron chi connectivity index (χ1n) is 6.66. The molecule has 0 aliphatic rings. The van der Waals surface area contributed by atoms with E-state index in [9.17, 15) is 14.4 Å². The fourth-order valence-corrected chi connectivity index (χ4v) is 1.30. The van der Waals surface area contributed by atoms with Gasteiger partial charge >= 0.3 is 12.0 Å². The zero-order chi connectivity index (χ0) is 15.9. The molecule has 0 aromatic rings. The maximum atomic E-state index is 11.8. The molecule has 116 valence electrons. The molecule has 0 aliphatic carbocycles. The Morgan fingerprint density at radius 1 is 1.15 bits per heavy atom. The van der Waals surface area contributed by atoms with E-state index in [4.69, 9.17) is 5.11 Å². The van der Waals surface area contributed by atoms with Crippen molar-refractivity contribution in [3.63, 3.8) is 0 Å². The molecule has 0 heterocycles. The number of amides is 3. The van der Waals surface area contributed by atoms with Crippen LogP contribution in [0.1, 0.15) is 27.7 Å². The lowest BCUT2D eigenvalue weighted by atomic mass is 10.0. The number of aliphatic carboxylic acids is 1. The maximum absolute atomic E-state index is 11.8. The Labute approximate surface area is 119 Å². The minimum Gasteiger partial charge on any atom is -0.481 e. The third-order valence-electron chi connectivity index (χ3n) is 2.93. The molecule has 2 unspecified atom stereocenters. The van der Waals surface area contributed by atoms with E-state index in [1.807, 2.05) is 13.8 Å². The normalized spacial score (nSPS) is 13.5. The lowest BCUT2D eigenvalue weighted by Gasteiger charge is -2.23. The molecular formula is C13H25N3O4. The number of hydrogen-bond acceptors (Lipinski definition) is 3. The smallest absolute Gasteiger partial charge is 0.317 e. The molecule has 2 atom stereocenters. The predicted octanol–water partition coefficient (Wildman–Crippen LogP) is 0.509. The van der Waals surface area contributed by atoms with Crippen molar-refractivity contribution < 1.29 is 19.5 Å². The molecule has 0 saturated carbocycles. The van der Waals surface area contributed by atoms with Crippen LogP contribution in [0.5, 0.6) is 0 Å². The number of carboxylic acid groups (broad SMARTS) is 1. The number of nitrogens with zero attached hydrogens (tertiary/aromatic N) is 1. The summed E-state index contributed by atoms with van der Waals surface area (Å²) in [6.07, 6.45) is 0. The van der Waals surface area contributed by atoms with E-state index < -0.39 is 24.0 Å². The van der Waals surface area contributed by atoms with Gasteiger partial charge in [-0.2, -0.15) is 0 Å². The number of rotatable bonds is 7. The van der Waals surface area contributed by atoms with Crippen LogP contribution in [0.15, 0.2) is 0 Å². The van der Waals surface area contributed by atoms with Gasteiger partial charge in [-0.3, -0.25) is 9.59 Å². The predicted molar refractivity (Wildman–Crippen MR) is 75.3 cm³/mol. The summed E-state index contributed by atoms with van der Waals surface area (Å²) in [7, 11) is 1.49. The molecule has 0 aromatic heterocycles. The highest BCUT2D eigenvalue weighted by Gasteiger charge is 2.22. The summed E-state index contributed by atoms with van der Waals surface area (Å²) in [5, 5.41) is 14.1. The summed E-state index contributed by atoms with van der Waals surface area (Å²) < 4.78 is 0. The first-order valence-corrected chi connectivity index (χ1v) is 6.66. The summed E-state index contributed by atoms with van der Waals surface area (Å²) in [5.74, 6) is -1.57. The molecule has 3 N–H and O–H groups in total. The molecule has 0 saturated heterocycles. The second kappa shape index (κ2) is 8.39. The van der Waals surface area contributed by atoms with Crippen LogP contribution in [0.25, 0.3) is 0 Å². The topological polar surface area (TPSA) is 98.7 Å². The first kappa shape index (κ1) is 18.2. The summed E-state index contributed by atoms with van der Waals surface area (Å²) in [5.41, 5.74) is 0. The van der Waals surface area contributed by atoms with Crippen molar-refractivity contribution in [3.8, 4) is 0 Å². The Bertz CT molecular complexity index is 358. The minimum absolute atomic E-state index is 0.0628. The summed E-state index contributed by atoms with van der Waals surface area (Å²) >= 11 is 0. The van der Waals surface area contributed by atoms with Crippen LogP contribution in [0.4, 0.5) is 4.79 Å². The van der Waals surface area contributed by atoms with Gasteiger partial charge in [0.25, 0.3) is 0 Å². The lowest BCUT2D eigenvalue weighted by Crippen LogP contribution is -2.48. The Kier molecular flexibility index (Phi) is 7.64. The highest BCUT2D eigenvalue weighted by Crippen LogP contribution is 2.02. The van der Waals surface area contributed by atoms with Crippen molar-refractivity contribution >= 4 is 17.9 Å². The highest BCUT2D eigenvalue weighted by atomic mass is 16.4. The molecule has 0 rings (SSSR count). The molecule has 7 nitrogen and oxygen atoms in total. The van der Waals surface area contributed by atoms with E-state index in [0.29, 0.717) is 12.5 Å². The van der Waals surface area contributed by atoms with Gasteiger partial charge in [0.2, 0.25) is 5.91 Å². The molecule has 0 aliphatic heterocycles. The third kappa shape index (κ3) is 6.96. The average molecular weight is 287 g/mol. The average Bonchev–Trinajstić information content (AvgIpc) is 2.34. The Morgan fingerprint density at radius 2 is 1.70 bits per heavy atom. The van der Waals surface area contributed by atoms with Crippen LogP contribution in [-0.2, 0) is 9.59 Å². The fourth-order valence-electron chi connectivity index (χ4n) is 1.30. The lowest BCUT2D eigenvalue weighted by molar-refractivity contribution is -0.141. The molecule has 20 heavy (non-hydrogen) atoms.